The molecule has 0 unspecified atom stereocenters. The molecule has 0 aliphatic carbocycles. The number of amides is 2. The lowest BCUT2D eigenvalue weighted by Gasteiger charge is -2.14. The Morgan fingerprint density at radius 2 is 1.60 bits per heavy atom. The van der Waals surface area contributed by atoms with Crippen molar-refractivity contribution in [2.24, 2.45) is 0 Å². The molecule has 134 valence electrons. The molecule has 25 heavy (non-hydrogen) atoms. The van der Waals surface area contributed by atoms with E-state index in [0.29, 0.717) is 39.2 Å². The van der Waals surface area contributed by atoms with Gasteiger partial charge >= 0.3 is 6.03 Å². The molecule has 0 heterocycles. The van der Waals surface area contributed by atoms with Gasteiger partial charge in [-0.25, -0.2) is 4.79 Å². The van der Waals surface area contributed by atoms with Gasteiger partial charge in [-0.3, -0.25) is 0 Å². The van der Waals surface area contributed by atoms with Crippen LogP contribution in [0.4, 0.5) is 21.9 Å². The van der Waals surface area contributed by atoms with Crippen LogP contribution in [0.15, 0.2) is 30.3 Å². The summed E-state index contributed by atoms with van der Waals surface area (Å²) in [6.07, 6.45) is 0. The van der Waals surface area contributed by atoms with E-state index in [2.05, 4.69) is 16.0 Å². The average molecular weight is 405 g/mol. The van der Waals surface area contributed by atoms with Crippen LogP contribution in [0, 0.1) is 0 Å². The molecule has 0 saturated heterocycles. The molecule has 6 nitrogen and oxygen atoms in total. The van der Waals surface area contributed by atoms with Gasteiger partial charge < -0.3 is 26.2 Å². The van der Waals surface area contributed by atoms with Crippen molar-refractivity contribution in [1.82, 2.24) is 0 Å². The highest BCUT2D eigenvalue weighted by Crippen LogP contribution is 2.29. The standard InChI is InChI=1S/C16H16Cl3N3O3/c17-9-3-11(20-1-2-23)7-12(4-9)21-16(25)22-15-6-10(18)5-14(19)13(15)8-24/h3-7,20,23-24H,1-2,8H2,(H2,21,22,25). The minimum Gasteiger partial charge on any atom is -0.395 e. The van der Waals surface area contributed by atoms with E-state index in [0.717, 1.165) is 0 Å². The summed E-state index contributed by atoms with van der Waals surface area (Å²) in [5.41, 5.74) is 1.76. The Hall–Kier alpha value is -1.70. The van der Waals surface area contributed by atoms with Crippen molar-refractivity contribution >= 4 is 57.9 Å². The molecule has 0 aromatic heterocycles. The lowest BCUT2D eigenvalue weighted by Crippen LogP contribution is -2.20. The third-order valence-corrected chi connectivity index (χ3v) is 3.94. The van der Waals surface area contributed by atoms with E-state index in [4.69, 9.17) is 39.9 Å². The predicted octanol–water partition coefficient (Wildman–Crippen LogP) is 4.19. The zero-order chi connectivity index (χ0) is 18.4. The zero-order valence-electron chi connectivity index (χ0n) is 12.9. The molecule has 0 saturated carbocycles. The maximum absolute atomic E-state index is 12.2. The molecule has 0 atom stereocenters. The topological polar surface area (TPSA) is 93.6 Å². The van der Waals surface area contributed by atoms with Crippen molar-refractivity contribution in [3.05, 3.63) is 51.0 Å². The van der Waals surface area contributed by atoms with Crippen molar-refractivity contribution in [2.75, 3.05) is 29.1 Å². The van der Waals surface area contributed by atoms with Gasteiger partial charge in [-0.1, -0.05) is 34.8 Å². The van der Waals surface area contributed by atoms with Gasteiger partial charge in [0.25, 0.3) is 0 Å². The van der Waals surface area contributed by atoms with E-state index in [1.54, 1.807) is 18.2 Å². The minimum atomic E-state index is -0.552. The smallest absolute Gasteiger partial charge is 0.323 e. The van der Waals surface area contributed by atoms with Crippen LogP contribution in [0.5, 0.6) is 0 Å². The summed E-state index contributed by atoms with van der Waals surface area (Å²) in [6, 6.07) is 7.32. The van der Waals surface area contributed by atoms with E-state index < -0.39 is 6.03 Å². The highest BCUT2D eigenvalue weighted by Gasteiger charge is 2.12. The van der Waals surface area contributed by atoms with Crippen molar-refractivity contribution in [2.45, 2.75) is 6.61 Å². The van der Waals surface area contributed by atoms with E-state index in [-0.39, 0.29) is 18.2 Å². The zero-order valence-corrected chi connectivity index (χ0v) is 15.2. The number of anilines is 3. The van der Waals surface area contributed by atoms with Gasteiger partial charge in [0.2, 0.25) is 0 Å². The Labute approximate surface area is 159 Å². The van der Waals surface area contributed by atoms with Gasteiger partial charge in [0, 0.05) is 38.6 Å². The third-order valence-electron chi connectivity index (χ3n) is 3.16. The molecular weight excluding hydrogens is 389 g/mol. The van der Waals surface area contributed by atoms with Gasteiger partial charge in [0.15, 0.2) is 0 Å². The molecule has 0 aliphatic heterocycles. The number of nitrogens with one attached hydrogen (secondary N) is 3. The van der Waals surface area contributed by atoms with Crippen LogP contribution in [0.3, 0.4) is 0 Å². The maximum atomic E-state index is 12.2. The number of rotatable bonds is 6. The fourth-order valence-corrected chi connectivity index (χ4v) is 2.91. The summed E-state index contributed by atoms with van der Waals surface area (Å²) in [5.74, 6) is 0. The van der Waals surface area contributed by atoms with Gasteiger partial charge in [-0.2, -0.15) is 0 Å². The Balaban J connectivity index is 2.14. The van der Waals surface area contributed by atoms with Crippen molar-refractivity contribution in [1.29, 1.82) is 0 Å². The highest BCUT2D eigenvalue weighted by atomic mass is 35.5. The molecule has 0 fully saturated rings. The van der Waals surface area contributed by atoms with Crippen LogP contribution >= 0.6 is 34.8 Å². The number of benzene rings is 2. The first kappa shape index (κ1) is 19.6. The van der Waals surface area contributed by atoms with Crippen molar-refractivity contribution < 1.29 is 15.0 Å². The summed E-state index contributed by atoms with van der Waals surface area (Å²) in [4.78, 5) is 12.2. The lowest BCUT2D eigenvalue weighted by atomic mass is 10.2. The highest BCUT2D eigenvalue weighted by molar-refractivity contribution is 6.35. The second-order valence-electron chi connectivity index (χ2n) is 5.03. The molecular formula is C16H16Cl3N3O3. The number of hydrogen-bond acceptors (Lipinski definition) is 4. The molecule has 0 radical (unpaired) electrons. The van der Waals surface area contributed by atoms with Crippen LogP contribution in [-0.2, 0) is 6.61 Å². The second kappa shape index (κ2) is 9.12. The van der Waals surface area contributed by atoms with Gasteiger partial charge in [-0.05, 0) is 30.3 Å². The fourth-order valence-electron chi connectivity index (χ4n) is 2.12. The van der Waals surface area contributed by atoms with Crippen LogP contribution in [0.2, 0.25) is 15.1 Å². The lowest BCUT2D eigenvalue weighted by molar-refractivity contribution is 0.262. The summed E-state index contributed by atoms with van der Waals surface area (Å²) < 4.78 is 0. The van der Waals surface area contributed by atoms with Crippen molar-refractivity contribution in [3.8, 4) is 0 Å². The molecule has 2 rings (SSSR count). The number of aliphatic hydroxyl groups excluding tert-OH is 2. The Kier molecular flexibility index (Phi) is 7.16. The molecule has 2 aromatic carbocycles. The number of carbonyl (C=O) groups is 1. The van der Waals surface area contributed by atoms with Crippen LogP contribution in [0.1, 0.15) is 5.56 Å². The largest absolute Gasteiger partial charge is 0.395 e. The fraction of sp³-hybridized carbons (Fsp3) is 0.188. The third kappa shape index (κ3) is 5.66. The molecule has 9 heteroatoms. The molecule has 2 aromatic rings. The number of urea groups is 1. The summed E-state index contributed by atoms with van der Waals surface area (Å²) >= 11 is 18.0. The van der Waals surface area contributed by atoms with Crippen LogP contribution in [0.25, 0.3) is 0 Å². The van der Waals surface area contributed by atoms with E-state index in [9.17, 15) is 9.90 Å². The number of carbonyl (C=O) groups excluding carboxylic acids is 1. The number of halogens is 3. The predicted molar refractivity (Wildman–Crippen MR) is 102 cm³/mol. The van der Waals surface area contributed by atoms with Gasteiger partial charge in [-0.15, -0.1) is 0 Å². The average Bonchev–Trinajstić information content (AvgIpc) is 2.51. The minimum absolute atomic E-state index is 0.0325. The molecule has 0 spiro atoms. The number of hydrogen-bond donors (Lipinski definition) is 5. The van der Waals surface area contributed by atoms with E-state index >= 15 is 0 Å². The van der Waals surface area contributed by atoms with Gasteiger partial charge in [0.05, 0.1) is 18.9 Å². The molecule has 2 amide bonds. The first-order valence-corrected chi connectivity index (χ1v) is 8.38. The normalized spacial score (nSPS) is 10.4. The van der Waals surface area contributed by atoms with E-state index in [1.165, 1.54) is 12.1 Å². The summed E-state index contributed by atoms with van der Waals surface area (Å²) in [7, 11) is 0. The Morgan fingerprint density at radius 1 is 0.920 bits per heavy atom. The van der Waals surface area contributed by atoms with Gasteiger partial charge in [0.1, 0.15) is 0 Å². The molecule has 5 N–H and O–H groups in total. The Bertz CT molecular complexity index is 772. The first-order valence-electron chi connectivity index (χ1n) is 7.25. The quantitative estimate of drug-likeness (QED) is 0.499. The molecule has 0 aliphatic rings. The van der Waals surface area contributed by atoms with Crippen LogP contribution in [-0.4, -0.2) is 29.4 Å². The van der Waals surface area contributed by atoms with Crippen LogP contribution < -0.4 is 16.0 Å². The Morgan fingerprint density at radius 3 is 2.28 bits per heavy atom. The summed E-state index contributed by atoms with van der Waals surface area (Å²) in [6.45, 7) is -0.0277. The monoisotopic (exact) mass is 403 g/mol. The number of aliphatic hydroxyl groups is 2. The first-order chi connectivity index (χ1) is 11.9. The van der Waals surface area contributed by atoms with Crippen molar-refractivity contribution in [3.63, 3.8) is 0 Å². The summed E-state index contributed by atoms with van der Waals surface area (Å²) in [5, 5.41) is 27.4. The maximum Gasteiger partial charge on any atom is 0.323 e. The molecule has 0 bridgehead atoms. The van der Waals surface area contributed by atoms with E-state index in [1.807, 2.05) is 0 Å². The second-order valence-corrected chi connectivity index (χ2v) is 6.31. The SMILES string of the molecule is O=C(Nc1cc(Cl)cc(NCCO)c1)Nc1cc(Cl)cc(Cl)c1CO.